The van der Waals surface area contributed by atoms with Gasteiger partial charge in [0, 0.05) is 19.6 Å². The lowest BCUT2D eigenvalue weighted by Gasteiger charge is -2.26. The fourth-order valence-electron chi connectivity index (χ4n) is 1.64. The number of aromatic nitrogens is 3. The van der Waals surface area contributed by atoms with Gasteiger partial charge in [-0.2, -0.15) is 0 Å². The molecule has 0 bridgehead atoms. The SMILES string of the molecule is CC(CCNC(=O)c1cn(C2CNC2)nn1)C(=O)O. The first-order chi connectivity index (χ1) is 9.08. The van der Waals surface area contributed by atoms with Crippen molar-refractivity contribution in [1.82, 2.24) is 25.6 Å². The van der Waals surface area contributed by atoms with Crippen LogP contribution in [0.25, 0.3) is 0 Å². The number of rotatable bonds is 6. The van der Waals surface area contributed by atoms with E-state index >= 15 is 0 Å². The van der Waals surface area contributed by atoms with Crippen LogP contribution in [-0.2, 0) is 4.79 Å². The van der Waals surface area contributed by atoms with E-state index in [4.69, 9.17) is 5.11 Å². The van der Waals surface area contributed by atoms with Gasteiger partial charge >= 0.3 is 5.97 Å². The topological polar surface area (TPSA) is 109 Å². The molecule has 8 heteroatoms. The molecule has 104 valence electrons. The van der Waals surface area contributed by atoms with Gasteiger partial charge in [0.05, 0.1) is 18.2 Å². The van der Waals surface area contributed by atoms with Gasteiger partial charge in [-0.1, -0.05) is 12.1 Å². The molecule has 0 spiro atoms. The fourth-order valence-corrected chi connectivity index (χ4v) is 1.64. The third-order valence-corrected chi connectivity index (χ3v) is 3.16. The zero-order chi connectivity index (χ0) is 13.8. The van der Waals surface area contributed by atoms with Gasteiger partial charge in [0.25, 0.3) is 5.91 Å². The molecule has 19 heavy (non-hydrogen) atoms. The summed E-state index contributed by atoms with van der Waals surface area (Å²) in [7, 11) is 0. The van der Waals surface area contributed by atoms with Crippen LogP contribution >= 0.6 is 0 Å². The highest BCUT2D eigenvalue weighted by atomic mass is 16.4. The van der Waals surface area contributed by atoms with Crippen LogP contribution in [0, 0.1) is 5.92 Å². The molecule has 1 saturated heterocycles. The Bertz CT molecular complexity index is 469. The number of nitrogens with zero attached hydrogens (tertiary/aromatic N) is 3. The molecule has 0 radical (unpaired) electrons. The molecule has 1 aromatic rings. The predicted molar refractivity (Wildman–Crippen MR) is 65.7 cm³/mol. The van der Waals surface area contributed by atoms with E-state index in [1.807, 2.05) is 0 Å². The molecular formula is C11H17N5O3. The minimum absolute atomic E-state index is 0.259. The number of hydrogen-bond acceptors (Lipinski definition) is 5. The van der Waals surface area contributed by atoms with Gasteiger partial charge in [-0.3, -0.25) is 9.59 Å². The van der Waals surface area contributed by atoms with E-state index in [0.717, 1.165) is 13.1 Å². The summed E-state index contributed by atoms with van der Waals surface area (Å²) < 4.78 is 1.67. The second-order valence-electron chi connectivity index (χ2n) is 4.68. The number of hydrogen-bond donors (Lipinski definition) is 3. The van der Waals surface area contributed by atoms with Crippen LogP contribution in [0.15, 0.2) is 6.20 Å². The van der Waals surface area contributed by atoms with Gasteiger partial charge in [0.2, 0.25) is 0 Å². The normalized spacial score (nSPS) is 16.7. The van der Waals surface area contributed by atoms with Crippen molar-refractivity contribution in [1.29, 1.82) is 0 Å². The van der Waals surface area contributed by atoms with Crippen LogP contribution in [0.3, 0.4) is 0 Å². The van der Waals surface area contributed by atoms with Crippen LogP contribution in [0.4, 0.5) is 0 Å². The molecule has 3 N–H and O–H groups in total. The summed E-state index contributed by atoms with van der Waals surface area (Å²) >= 11 is 0. The third-order valence-electron chi connectivity index (χ3n) is 3.16. The Morgan fingerprint density at radius 3 is 2.95 bits per heavy atom. The number of aliphatic carboxylic acids is 1. The van der Waals surface area contributed by atoms with E-state index in [9.17, 15) is 9.59 Å². The van der Waals surface area contributed by atoms with Crippen molar-refractivity contribution in [2.45, 2.75) is 19.4 Å². The number of carbonyl (C=O) groups excluding carboxylic acids is 1. The van der Waals surface area contributed by atoms with Crippen molar-refractivity contribution in [2.75, 3.05) is 19.6 Å². The molecule has 8 nitrogen and oxygen atoms in total. The highest BCUT2D eigenvalue weighted by Crippen LogP contribution is 2.09. The van der Waals surface area contributed by atoms with Gasteiger partial charge in [0.1, 0.15) is 0 Å². The molecule has 0 saturated carbocycles. The fraction of sp³-hybridized carbons (Fsp3) is 0.636. The van der Waals surface area contributed by atoms with E-state index in [0.29, 0.717) is 13.0 Å². The first kappa shape index (κ1) is 13.5. The van der Waals surface area contributed by atoms with Crippen molar-refractivity contribution >= 4 is 11.9 Å². The largest absolute Gasteiger partial charge is 0.481 e. The Morgan fingerprint density at radius 1 is 1.63 bits per heavy atom. The molecule has 0 aliphatic carbocycles. The lowest BCUT2D eigenvalue weighted by molar-refractivity contribution is -0.141. The Hall–Kier alpha value is -1.96. The van der Waals surface area contributed by atoms with Gasteiger partial charge in [0.15, 0.2) is 5.69 Å². The highest BCUT2D eigenvalue weighted by Gasteiger charge is 2.21. The van der Waals surface area contributed by atoms with Crippen molar-refractivity contribution in [3.63, 3.8) is 0 Å². The van der Waals surface area contributed by atoms with Crippen LogP contribution in [0.5, 0.6) is 0 Å². The molecule has 1 atom stereocenters. The molecule has 0 aromatic carbocycles. The Morgan fingerprint density at radius 2 is 2.37 bits per heavy atom. The maximum absolute atomic E-state index is 11.7. The summed E-state index contributed by atoms with van der Waals surface area (Å²) in [6.07, 6.45) is 2.00. The summed E-state index contributed by atoms with van der Waals surface area (Å²) in [6, 6.07) is 0.265. The first-order valence-electron chi connectivity index (χ1n) is 6.21. The van der Waals surface area contributed by atoms with Gasteiger partial charge in [-0.25, -0.2) is 4.68 Å². The molecule has 1 aromatic heterocycles. The molecule has 1 amide bonds. The van der Waals surface area contributed by atoms with Crippen LogP contribution in [0.2, 0.25) is 0 Å². The molecular weight excluding hydrogens is 250 g/mol. The summed E-state index contributed by atoms with van der Waals surface area (Å²) in [6.45, 7) is 3.58. The van der Waals surface area contributed by atoms with E-state index in [1.165, 1.54) is 0 Å². The highest BCUT2D eigenvalue weighted by molar-refractivity contribution is 5.91. The number of amides is 1. The second kappa shape index (κ2) is 5.79. The number of carboxylic acids is 1. The van der Waals surface area contributed by atoms with E-state index in [-0.39, 0.29) is 17.6 Å². The summed E-state index contributed by atoms with van der Waals surface area (Å²) in [5.41, 5.74) is 0.259. The average Bonchev–Trinajstić information content (AvgIpc) is 2.75. The monoisotopic (exact) mass is 267 g/mol. The second-order valence-corrected chi connectivity index (χ2v) is 4.68. The predicted octanol–water partition coefficient (Wildman–Crippen LogP) is -0.737. The Kier molecular flexibility index (Phi) is 4.10. The van der Waals surface area contributed by atoms with E-state index in [2.05, 4.69) is 20.9 Å². The van der Waals surface area contributed by atoms with E-state index < -0.39 is 11.9 Å². The van der Waals surface area contributed by atoms with Crippen molar-refractivity contribution in [3.05, 3.63) is 11.9 Å². The van der Waals surface area contributed by atoms with E-state index in [1.54, 1.807) is 17.8 Å². The standard InChI is InChI=1S/C11H17N5O3/c1-7(11(18)19)2-3-13-10(17)9-6-16(15-14-9)8-4-12-5-8/h6-8,12H,2-5H2,1H3,(H,13,17)(H,18,19). The minimum Gasteiger partial charge on any atom is -0.481 e. The smallest absolute Gasteiger partial charge is 0.306 e. The van der Waals surface area contributed by atoms with Crippen molar-refractivity contribution < 1.29 is 14.7 Å². The lowest BCUT2D eigenvalue weighted by Crippen LogP contribution is -2.43. The first-order valence-corrected chi connectivity index (χ1v) is 6.21. The molecule has 1 aliphatic heterocycles. The van der Waals surface area contributed by atoms with Crippen molar-refractivity contribution in [3.8, 4) is 0 Å². The Labute approximate surface area is 110 Å². The number of carbonyl (C=O) groups is 2. The minimum atomic E-state index is -0.863. The maximum Gasteiger partial charge on any atom is 0.306 e. The van der Waals surface area contributed by atoms with Gasteiger partial charge < -0.3 is 15.7 Å². The van der Waals surface area contributed by atoms with Crippen LogP contribution < -0.4 is 10.6 Å². The molecule has 1 fully saturated rings. The maximum atomic E-state index is 11.7. The quantitative estimate of drug-likeness (QED) is 0.626. The Balaban J connectivity index is 1.79. The molecule has 2 rings (SSSR count). The van der Waals surface area contributed by atoms with Gasteiger partial charge in [-0.15, -0.1) is 5.10 Å². The summed E-state index contributed by atoms with van der Waals surface area (Å²) in [5, 5.41) is 22.2. The van der Waals surface area contributed by atoms with Crippen LogP contribution in [-0.4, -0.2) is 51.6 Å². The number of nitrogens with one attached hydrogen (secondary N) is 2. The lowest BCUT2D eigenvalue weighted by atomic mass is 10.1. The van der Waals surface area contributed by atoms with Crippen molar-refractivity contribution in [2.24, 2.45) is 5.92 Å². The molecule has 1 aliphatic rings. The summed E-state index contributed by atoms with van der Waals surface area (Å²) in [4.78, 5) is 22.4. The third kappa shape index (κ3) is 3.28. The molecule has 1 unspecified atom stereocenters. The number of carboxylic acid groups (broad SMARTS) is 1. The zero-order valence-electron chi connectivity index (χ0n) is 10.7. The zero-order valence-corrected chi connectivity index (χ0v) is 10.7. The molecule has 2 heterocycles. The average molecular weight is 267 g/mol. The van der Waals surface area contributed by atoms with Crippen LogP contribution in [0.1, 0.15) is 29.9 Å². The van der Waals surface area contributed by atoms with Gasteiger partial charge in [-0.05, 0) is 6.42 Å². The summed E-state index contributed by atoms with van der Waals surface area (Å²) in [5.74, 6) is -1.66.